The third-order valence-electron chi connectivity index (χ3n) is 2.65. The number of nitrogens with zero attached hydrogens (tertiary/aromatic N) is 1. The number of nitrogen functional groups attached to an aromatic ring is 1. The fourth-order valence-corrected chi connectivity index (χ4v) is 2.57. The Labute approximate surface area is 118 Å². The average molecular weight is 295 g/mol. The van der Waals surface area contributed by atoms with Gasteiger partial charge in [0.25, 0.3) is 0 Å². The van der Waals surface area contributed by atoms with Gasteiger partial charge in [0.15, 0.2) is 5.75 Å². The molecule has 0 saturated carbocycles. The first kappa shape index (κ1) is 14.1. The van der Waals surface area contributed by atoms with Crippen molar-refractivity contribution in [1.29, 1.82) is 5.26 Å². The van der Waals surface area contributed by atoms with Crippen molar-refractivity contribution in [2.24, 2.45) is 0 Å². The first-order valence-corrected chi connectivity index (χ1v) is 6.42. The Morgan fingerprint density at radius 2 is 2.20 bits per heavy atom. The van der Waals surface area contributed by atoms with Crippen molar-refractivity contribution in [2.45, 2.75) is 6.54 Å². The maximum atomic E-state index is 13.5. The van der Waals surface area contributed by atoms with Crippen molar-refractivity contribution in [1.82, 2.24) is 0 Å². The molecule has 2 aromatic rings. The Bertz CT molecular complexity index is 679. The summed E-state index contributed by atoms with van der Waals surface area (Å²) in [6.07, 6.45) is 0. The van der Waals surface area contributed by atoms with Crippen molar-refractivity contribution >= 4 is 22.0 Å². The number of methoxy groups -OCH3 is 1. The van der Waals surface area contributed by atoms with Gasteiger partial charge in [-0.25, -0.2) is 8.78 Å². The van der Waals surface area contributed by atoms with Crippen LogP contribution in [-0.2, 0) is 6.54 Å². The number of halogens is 2. The Hall–Kier alpha value is -2.33. The molecule has 0 amide bonds. The van der Waals surface area contributed by atoms with Crippen LogP contribution < -0.4 is 15.8 Å². The van der Waals surface area contributed by atoms with Crippen LogP contribution >= 0.6 is 11.3 Å². The minimum absolute atomic E-state index is 0.0603. The topological polar surface area (TPSA) is 71.1 Å². The van der Waals surface area contributed by atoms with Gasteiger partial charge < -0.3 is 15.8 Å². The van der Waals surface area contributed by atoms with E-state index in [1.807, 2.05) is 6.07 Å². The SMILES string of the molecule is COc1c(NCc2cc(F)ccc2F)sc(C#N)c1N. The molecule has 0 spiro atoms. The van der Waals surface area contributed by atoms with Crippen LogP contribution in [0.1, 0.15) is 10.4 Å². The molecule has 7 heteroatoms. The summed E-state index contributed by atoms with van der Waals surface area (Å²) in [7, 11) is 1.42. The van der Waals surface area contributed by atoms with Gasteiger partial charge in [-0.1, -0.05) is 0 Å². The fourth-order valence-electron chi connectivity index (χ4n) is 1.69. The van der Waals surface area contributed by atoms with Gasteiger partial charge in [-0.2, -0.15) is 5.26 Å². The molecule has 3 N–H and O–H groups in total. The lowest BCUT2D eigenvalue weighted by Gasteiger charge is -2.08. The zero-order valence-corrected chi connectivity index (χ0v) is 11.4. The number of rotatable bonds is 4. The summed E-state index contributed by atoms with van der Waals surface area (Å²) in [5.74, 6) is -0.690. The van der Waals surface area contributed by atoms with Gasteiger partial charge in [-0.3, -0.25) is 0 Å². The second kappa shape index (κ2) is 5.75. The van der Waals surface area contributed by atoms with Crippen LogP contribution in [0.3, 0.4) is 0 Å². The molecule has 0 saturated heterocycles. The molecule has 1 aromatic carbocycles. The molecule has 0 aliphatic carbocycles. The zero-order chi connectivity index (χ0) is 14.7. The zero-order valence-electron chi connectivity index (χ0n) is 10.5. The van der Waals surface area contributed by atoms with Crippen LogP contribution in [0.25, 0.3) is 0 Å². The van der Waals surface area contributed by atoms with Crippen molar-refractivity contribution in [3.63, 3.8) is 0 Å². The highest BCUT2D eigenvalue weighted by molar-refractivity contribution is 7.17. The first-order chi connectivity index (χ1) is 9.56. The molecule has 1 aromatic heterocycles. The van der Waals surface area contributed by atoms with Crippen LogP contribution in [0, 0.1) is 23.0 Å². The Kier molecular flexibility index (Phi) is 4.05. The van der Waals surface area contributed by atoms with E-state index in [1.54, 1.807) is 0 Å². The highest BCUT2D eigenvalue weighted by Gasteiger charge is 2.16. The van der Waals surface area contributed by atoms with E-state index in [1.165, 1.54) is 7.11 Å². The molecule has 0 bridgehead atoms. The summed E-state index contributed by atoms with van der Waals surface area (Å²) in [4.78, 5) is 0.309. The summed E-state index contributed by atoms with van der Waals surface area (Å²) in [5.41, 5.74) is 6.15. The van der Waals surface area contributed by atoms with Gasteiger partial charge >= 0.3 is 0 Å². The number of ether oxygens (including phenoxy) is 1. The van der Waals surface area contributed by atoms with Crippen molar-refractivity contribution in [3.05, 3.63) is 40.3 Å². The van der Waals surface area contributed by atoms with Crippen molar-refractivity contribution in [2.75, 3.05) is 18.2 Å². The predicted molar refractivity (Wildman–Crippen MR) is 73.7 cm³/mol. The maximum absolute atomic E-state index is 13.5. The number of hydrogen-bond donors (Lipinski definition) is 2. The summed E-state index contributed by atoms with van der Waals surface area (Å²) >= 11 is 1.10. The molecule has 1 heterocycles. The summed E-state index contributed by atoms with van der Waals surface area (Å²) in [5, 5.41) is 12.3. The minimum Gasteiger partial charge on any atom is -0.492 e. The van der Waals surface area contributed by atoms with Gasteiger partial charge in [0.1, 0.15) is 33.3 Å². The molecule has 2 rings (SSSR count). The van der Waals surface area contributed by atoms with Crippen LogP contribution in [0.5, 0.6) is 5.75 Å². The third kappa shape index (κ3) is 2.65. The van der Waals surface area contributed by atoms with Gasteiger partial charge in [0.2, 0.25) is 0 Å². The molecule has 0 unspecified atom stereocenters. The van der Waals surface area contributed by atoms with Crippen molar-refractivity contribution in [3.8, 4) is 11.8 Å². The van der Waals surface area contributed by atoms with Crippen molar-refractivity contribution < 1.29 is 13.5 Å². The molecule has 0 aliphatic heterocycles. The highest BCUT2D eigenvalue weighted by Crippen LogP contribution is 2.42. The van der Waals surface area contributed by atoms with Crippen LogP contribution in [0.15, 0.2) is 18.2 Å². The summed E-state index contributed by atoms with van der Waals surface area (Å²) in [6, 6.07) is 5.17. The molecule has 20 heavy (non-hydrogen) atoms. The molecular formula is C13H11F2N3OS. The molecule has 0 radical (unpaired) electrons. The quantitative estimate of drug-likeness (QED) is 0.909. The summed E-state index contributed by atoms with van der Waals surface area (Å²) < 4.78 is 31.7. The predicted octanol–water partition coefficient (Wildman–Crippen LogP) is 3.10. The van der Waals surface area contributed by atoms with E-state index in [0.29, 0.717) is 15.6 Å². The number of nitrogens with two attached hydrogens (primary N) is 1. The Balaban J connectivity index is 2.23. The van der Waals surface area contributed by atoms with E-state index >= 15 is 0 Å². The average Bonchev–Trinajstić information content (AvgIpc) is 2.75. The van der Waals surface area contributed by atoms with E-state index in [-0.39, 0.29) is 17.8 Å². The van der Waals surface area contributed by atoms with Gasteiger partial charge in [-0.15, -0.1) is 11.3 Å². The number of benzene rings is 1. The largest absolute Gasteiger partial charge is 0.492 e. The number of nitriles is 1. The van der Waals surface area contributed by atoms with Gasteiger partial charge in [0.05, 0.1) is 7.11 Å². The van der Waals surface area contributed by atoms with E-state index < -0.39 is 11.6 Å². The normalized spacial score (nSPS) is 10.1. The Morgan fingerprint density at radius 3 is 2.85 bits per heavy atom. The van der Waals surface area contributed by atoms with E-state index in [2.05, 4.69) is 5.32 Å². The molecule has 4 nitrogen and oxygen atoms in total. The van der Waals surface area contributed by atoms with Gasteiger partial charge in [0, 0.05) is 12.1 Å². The van der Waals surface area contributed by atoms with Crippen LogP contribution in [0.4, 0.5) is 19.5 Å². The fraction of sp³-hybridized carbons (Fsp3) is 0.154. The lowest BCUT2D eigenvalue weighted by Crippen LogP contribution is -2.02. The minimum atomic E-state index is -0.515. The maximum Gasteiger partial charge on any atom is 0.177 e. The smallest absolute Gasteiger partial charge is 0.177 e. The molecule has 104 valence electrons. The van der Waals surface area contributed by atoms with E-state index in [4.69, 9.17) is 15.7 Å². The van der Waals surface area contributed by atoms with E-state index in [0.717, 1.165) is 29.5 Å². The first-order valence-electron chi connectivity index (χ1n) is 5.61. The number of anilines is 2. The lowest BCUT2D eigenvalue weighted by atomic mass is 10.2. The molecule has 0 atom stereocenters. The number of nitrogens with one attached hydrogen (secondary N) is 1. The number of hydrogen-bond acceptors (Lipinski definition) is 5. The van der Waals surface area contributed by atoms with Gasteiger partial charge in [-0.05, 0) is 18.2 Å². The second-order valence-electron chi connectivity index (χ2n) is 3.91. The molecule has 0 aliphatic rings. The van der Waals surface area contributed by atoms with Crippen LogP contribution in [0.2, 0.25) is 0 Å². The standard InChI is InChI=1S/C13H11F2N3OS/c1-19-12-11(17)10(5-16)20-13(12)18-6-7-4-8(14)2-3-9(7)15/h2-4,18H,6,17H2,1H3. The number of thiophene rings is 1. The molecule has 0 fully saturated rings. The Morgan fingerprint density at radius 1 is 1.45 bits per heavy atom. The second-order valence-corrected chi connectivity index (χ2v) is 4.93. The highest BCUT2D eigenvalue weighted by atomic mass is 32.1. The monoisotopic (exact) mass is 295 g/mol. The third-order valence-corrected chi connectivity index (χ3v) is 3.70. The van der Waals surface area contributed by atoms with E-state index in [9.17, 15) is 8.78 Å². The molecular weight excluding hydrogens is 284 g/mol. The summed E-state index contributed by atoms with van der Waals surface area (Å²) in [6.45, 7) is 0.0603. The van der Waals surface area contributed by atoms with Crippen LogP contribution in [-0.4, -0.2) is 7.11 Å². The lowest BCUT2D eigenvalue weighted by molar-refractivity contribution is 0.420.